The van der Waals surface area contributed by atoms with Crippen molar-refractivity contribution in [2.45, 2.75) is 12.7 Å². The lowest BCUT2D eigenvalue weighted by molar-refractivity contribution is -0.118. The SMILES string of the molecule is COc1ccc(C(C)=NNC(=O)CSCc2cccc(Cl)c2)cc1OC. The average molecular weight is 393 g/mol. The molecule has 138 valence electrons. The normalized spacial score (nSPS) is 11.2. The van der Waals surface area contributed by atoms with Crippen molar-refractivity contribution in [2.75, 3.05) is 20.0 Å². The van der Waals surface area contributed by atoms with Crippen LogP contribution in [-0.2, 0) is 10.5 Å². The third kappa shape index (κ3) is 5.97. The molecule has 7 heteroatoms. The number of methoxy groups -OCH3 is 2. The second-order valence-electron chi connectivity index (χ2n) is 5.42. The first-order chi connectivity index (χ1) is 12.5. The number of ether oxygens (including phenoxy) is 2. The molecular formula is C19H21ClN2O3S. The van der Waals surface area contributed by atoms with E-state index in [0.29, 0.717) is 33.7 Å². The van der Waals surface area contributed by atoms with Crippen molar-refractivity contribution in [3.8, 4) is 11.5 Å². The summed E-state index contributed by atoms with van der Waals surface area (Å²) in [5.41, 5.74) is 5.18. The zero-order chi connectivity index (χ0) is 18.9. The van der Waals surface area contributed by atoms with Gasteiger partial charge in [-0.2, -0.15) is 5.10 Å². The van der Waals surface area contributed by atoms with Gasteiger partial charge in [-0.15, -0.1) is 11.8 Å². The van der Waals surface area contributed by atoms with Gasteiger partial charge in [0.1, 0.15) is 0 Å². The quantitative estimate of drug-likeness (QED) is 0.542. The van der Waals surface area contributed by atoms with Crippen molar-refractivity contribution in [3.63, 3.8) is 0 Å². The molecule has 0 aliphatic heterocycles. The third-order valence-corrected chi connectivity index (χ3v) is 4.78. The molecular weight excluding hydrogens is 372 g/mol. The van der Waals surface area contributed by atoms with Gasteiger partial charge in [-0.3, -0.25) is 4.79 Å². The van der Waals surface area contributed by atoms with Gasteiger partial charge in [-0.25, -0.2) is 5.43 Å². The van der Waals surface area contributed by atoms with Crippen molar-refractivity contribution in [1.82, 2.24) is 5.43 Å². The van der Waals surface area contributed by atoms with Crippen LogP contribution in [0.4, 0.5) is 0 Å². The van der Waals surface area contributed by atoms with E-state index in [1.807, 2.05) is 43.3 Å². The molecule has 0 saturated heterocycles. The van der Waals surface area contributed by atoms with Crippen molar-refractivity contribution >= 4 is 35.0 Å². The number of benzene rings is 2. The third-order valence-electron chi connectivity index (χ3n) is 3.54. The zero-order valence-electron chi connectivity index (χ0n) is 14.9. The molecule has 0 aliphatic rings. The minimum Gasteiger partial charge on any atom is -0.493 e. The minimum absolute atomic E-state index is 0.156. The number of carbonyl (C=O) groups excluding carboxylic acids is 1. The van der Waals surface area contributed by atoms with Gasteiger partial charge in [0, 0.05) is 16.3 Å². The molecule has 0 fully saturated rings. The van der Waals surface area contributed by atoms with Crippen LogP contribution < -0.4 is 14.9 Å². The summed E-state index contributed by atoms with van der Waals surface area (Å²) in [7, 11) is 3.16. The molecule has 0 heterocycles. The Kier molecular flexibility index (Phi) is 7.81. The largest absolute Gasteiger partial charge is 0.493 e. The number of hydrazone groups is 1. The number of thioether (sulfide) groups is 1. The Hall–Kier alpha value is -2.18. The summed E-state index contributed by atoms with van der Waals surface area (Å²) in [6.45, 7) is 1.82. The van der Waals surface area contributed by atoms with Crippen LogP contribution in [0.25, 0.3) is 0 Å². The Morgan fingerprint density at radius 2 is 1.92 bits per heavy atom. The second-order valence-corrected chi connectivity index (χ2v) is 6.85. The fraction of sp³-hybridized carbons (Fsp3) is 0.263. The highest BCUT2D eigenvalue weighted by molar-refractivity contribution is 7.99. The molecule has 0 aliphatic carbocycles. The van der Waals surface area contributed by atoms with Crippen molar-refractivity contribution in [1.29, 1.82) is 0 Å². The molecule has 0 spiro atoms. The molecule has 0 aromatic heterocycles. The fourth-order valence-corrected chi connectivity index (χ4v) is 3.17. The van der Waals surface area contributed by atoms with Crippen LogP contribution in [-0.4, -0.2) is 31.6 Å². The van der Waals surface area contributed by atoms with Crippen LogP contribution in [0, 0.1) is 0 Å². The van der Waals surface area contributed by atoms with Crippen molar-refractivity contribution in [3.05, 3.63) is 58.6 Å². The maximum absolute atomic E-state index is 11.9. The van der Waals surface area contributed by atoms with Gasteiger partial charge in [0.25, 0.3) is 0 Å². The average Bonchev–Trinajstić information content (AvgIpc) is 2.65. The lowest BCUT2D eigenvalue weighted by Crippen LogP contribution is -2.21. The number of hydrogen-bond donors (Lipinski definition) is 1. The van der Waals surface area contributed by atoms with Gasteiger partial charge in [0.2, 0.25) is 5.91 Å². The molecule has 0 atom stereocenters. The van der Waals surface area contributed by atoms with Crippen LogP contribution in [0.3, 0.4) is 0 Å². The van der Waals surface area contributed by atoms with E-state index in [2.05, 4.69) is 10.5 Å². The Labute approximate surface area is 162 Å². The van der Waals surface area contributed by atoms with Crippen LogP contribution in [0.1, 0.15) is 18.1 Å². The Morgan fingerprint density at radius 3 is 2.62 bits per heavy atom. The van der Waals surface area contributed by atoms with Gasteiger partial charge in [-0.05, 0) is 42.8 Å². The number of nitrogens with one attached hydrogen (secondary N) is 1. The highest BCUT2D eigenvalue weighted by Gasteiger charge is 2.07. The Morgan fingerprint density at radius 1 is 1.15 bits per heavy atom. The van der Waals surface area contributed by atoms with Crippen LogP contribution in [0.5, 0.6) is 11.5 Å². The molecule has 0 unspecified atom stereocenters. The van der Waals surface area contributed by atoms with Gasteiger partial charge < -0.3 is 9.47 Å². The monoisotopic (exact) mass is 392 g/mol. The molecule has 0 saturated carbocycles. The van der Waals surface area contributed by atoms with Crippen LogP contribution in [0.15, 0.2) is 47.6 Å². The van der Waals surface area contributed by atoms with E-state index in [9.17, 15) is 4.79 Å². The number of amides is 1. The van der Waals surface area contributed by atoms with Gasteiger partial charge >= 0.3 is 0 Å². The summed E-state index contributed by atoms with van der Waals surface area (Å²) < 4.78 is 10.5. The summed E-state index contributed by atoms with van der Waals surface area (Å²) in [6.07, 6.45) is 0. The fourth-order valence-electron chi connectivity index (χ4n) is 2.19. The topological polar surface area (TPSA) is 59.9 Å². The zero-order valence-corrected chi connectivity index (χ0v) is 16.5. The van der Waals surface area contributed by atoms with E-state index < -0.39 is 0 Å². The molecule has 2 aromatic carbocycles. The smallest absolute Gasteiger partial charge is 0.250 e. The molecule has 0 bridgehead atoms. The van der Waals surface area contributed by atoms with E-state index in [-0.39, 0.29) is 5.91 Å². The molecule has 5 nitrogen and oxygen atoms in total. The molecule has 26 heavy (non-hydrogen) atoms. The van der Waals surface area contributed by atoms with E-state index in [1.165, 1.54) is 11.8 Å². The van der Waals surface area contributed by atoms with Gasteiger partial charge in [-0.1, -0.05) is 23.7 Å². The molecule has 1 N–H and O–H groups in total. The van der Waals surface area contributed by atoms with Crippen molar-refractivity contribution in [2.24, 2.45) is 5.10 Å². The lowest BCUT2D eigenvalue weighted by atomic mass is 10.1. The summed E-state index contributed by atoms with van der Waals surface area (Å²) in [5, 5.41) is 4.85. The highest BCUT2D eigenvalue weighted by atomic mass is 35.5. The second kappa shape index (κ2) is 10.1. The van der Waals surface area contributed by atoms with E-state index in [1.54, 1.807) is 20.3 Å². The highest BCUT2D eigenvalue weighted by Crippen LogP contribution is 2.27. The summed E-state index contributed by atoms with van der Waals surface area (Å²) in [5.74, 6) is 2.13. The maximum atomic E-state index is 11.9. The van der Waals surface area contributed by atoms with Gasteiger partial charge in [0.15, 0.2) is 11.5 Å². The number of nitrogens with zero attached hydrogens (tertiary/aromatic N) is 1. The van der Waals surface area contributed by atoms with E-state index in [0.717, 1.165) is 11.1 Å². The lowest BCUT2D eigenvalue weighted by Gasteiger charge is -2.09. The first kappa shape index (κ1) is 20.1. The summed E-state index contributed by atoms with van der Waals surface area (Å²) in [6, 6.07) is 13.1. The minimum atomic E-state index is -0.156. The van der Waals surface area contributed by atoms with E-state index >= 15 is 0 Å². The van der Waals surface area contributed by atoms with Crippen molar-refractivity contribution < 1.29 is 14.3 Å². The first-order valence-corrected chi connectivity index (χ1v) is 9.44. The Bertz CT molecular complexity index is 796. The molecule has 2 rings (SSSR count). The predicted molar refractivity (Wildman–Crippen MR) is 108 cm³/mol. The molecule has 1 amide bonds. The first-order valence-electron chi connectivity index (χ1n) is 7.91. The number of hydrogen-bond acceptors (Lipinski definition) is 5. The number of halogens is 1. The molecule has 0 radical (unpaired) electrons. The predicted octanol–water partition coefficient (Wildman–Crippen LogP) is 4.13. The standard InChI is InChI=1S/C19H21ClN2O3S/c1-13(15-7-8-17(24-2)18(10-15)25-3)21-22-19(23)12-26-11-14-5-4-6-16(20)9-14/h4-10H,11-12H2,1-3H3,(H,22,23). The number of rotatable bonds is 8. The van der Waals surface area contributed by atoms with Crippen LogP contribution >= 0.6 is 23.4 Å². The van der Waals surface area contributed by atoms with Gasteiger partial charge in [0.05, 0.1) is 25.7 Å². The van der Waals surface area contributed by atoms with Crippen LogP contribution in [0.2, 0.25) is 5.02 Å². The maximum Gasteiger partial charge on any atom is 0.250 e. The Balaban J connectivity index is 1.86. The summed E-state index contributed by atoms with van der Waals surface area (Å²) in [4.78, 5) is 11.9. The molecule has 2 aromatic rings. The summed E-state index contributed by atoms with van der Waals surface area (Å²) >= 11 is 7.45. The van der Waals surface area contributed by atoms with E-state index in [4.69, 9.17) is 21.1 Å². The number of carbonyl (C=O) groups is 1.